The topological polar surface area (TPSA) is 65.5 Å². The Hall–Kier alpha value is -1.61. The van der Waals surface area contributed by atoms with Crippen LogP contribution in [0, 0.1) is 0 Å². The molecule has 1 aromatic heterocycles. The Bertz CT molecular complexity index is 702. The summed E-state index contributed by atoms with van der Waals surface area (Å²) in [6.07, 6.45) is 0. The molecule has 0 unspecified atom stereocenters. The monoisotopic (exact) mass is 500 g/mol. The van der Waals surface area contributed by atoms with Crippen LogP contribution < -0.4 is 16.0 Å². The molecule has 0 fully saturated rings. The van der Waals surface area contributed by atoms with Crippen molar-refractivity contribution in [3.05, 3.63) is 58.3 Å². The normalized spacial score (nSPS) is 11.4. The molecule has 148 valence electrons. The maximum absolute atomic E-state index is 12.0. The van der Waals surface area contributed by atoms with Gasteiger partial charge in [0.2, 0.25) is 0 Å². The van der Waals surface area contributed by atoms with Gasteiger partial charge in [0, 0.05) is 35.5 Å². The number of hydrogen-bond acceptors (Lipinski definition) is 3. The molecule has 1 aromatic carbocycles. The van der Waals surface area contributed by atoms with Crippen molar-refractivity contribution in [2.75, 3.05) is 26.2 Å². The third-order valence-corrected chi connectivity index (χ3v) is 5.14. The highest BCUT2D eigenvalue weighted by Crippen LogP contribution is 2.27. The van der Waals surface area contributed by atoms with Gasteiger partial charge in [0.05, 0.1) is 6.54 Å². The zero-order valence-electron chi connectivity index (χ0n) is 16.1. The molecular formula is C20H29IN4OS. The SMILES string of the molecule is CCNC(=NCC(C)(C)c1cccs1)NCCNC(=O)c1ccccc1.I. The van der Waals surface area contributed by atoms with Crippen molar-refractivity contribution in [1.82, 2.24) is 16.0 Å². The molecule has 0 aliphatic carbocycles. The first-order valence-electron chi connectivity index (χ1n) is 8.92. The van der Waals surface area contributed by atoms with Gasteiger partial charge in [-0.2, -0.15) is 0 Å². The predicted molar refractivity (Wildman–Crippen MR) is 126 cm³/mol. The molecule has 0 atom stereocenters. The molecule has 2 rings (SSSR count). The van der Waals surface area contributed by atoms with Crippen LogP contribution in [0.4, 0.5) is 0 Å². The van der Waals surface area contributed by atoms with E-state index < -0.39 is 0 Å². The van der Waals surface area contributed by atoms with Gasteiger partial charge in [0.1, 0.15) is 0 Å². The molecule has 0 aliphatic heterocycles. The summed E-state index contributed by atoms with van der Waals surface area (Å²) in [6, 6.07) is 13.5. The molecule has 0 aliphatic rings. The second-order valence-electron chi connectivity index (χ2n) is 6.61. The number of amides is 1. The second-order valence-corrected chi connectivity index (χ2v) is 7.55. The highest BCUT2D eigenvalue weighted by atomic mass is 127. The average molecular weight is 500 g/mol. The summed E-state index contributed by atoms with van der Waals surface area (Å²) in [5.74, 6) is 0.708. The molecule has 0 saturated carbocycles. The molecular weight excluding hydrogens is 471 g/mol. The summed E-state index contributed by atoms with van der Waals surface area (Å²) in [5.41, 5.74) is 0.670. The van der Waals surface area contributed by atoms with Crippen LogP contribution in [-0.4, -0.2) is 38.0 Å². The zero-order valence-corrected chi connectivity index (χ0v) is 19.3. The van der Waals surface area contributed by atoms with Gasteiger partial charge in [-0.25, -0.2) is 0 Å². The van der Waals surface area contributed by atoms with E-state index in [1.54, 1.807) is 23.5 Å². The number of guanidine groups is 1. The smallest absolute Gasteiger partial charge is 0.251 e. The van der Waals surface area contributed by atoms with E-state index in [0.717, 1.165) is 12.5 Å². The number of nitrogens with zero attached hydrogens (tertiary/aromatic N) is 1. The Labute approximate surface area is 183 Å². The van der Waals surface area contributed by atoms with Crippen LogP contribution in [0.5, 0.6) is 0 Å². The van der Waals surface area contributed by atoms with Crippen LogP contribution >= 0.6 is 35.3 Å². The number of hydrogen-bond donors (Lipinski definition) is 3. The standard InChI is InChI=1S/C20H28N4OS.HI/c1-4-21-19(24-15-20(2,3)17-11-8-14-26-17)23-13-12-22-18(25)16-9-6-5-7-10-16;/h5-11,14H,4,12-13,15H2,1-3H3,(H,22,25)(H2,21,23,24);1H. The lowest BCUT2D eigenvalue weighted by atomic mass is 9.92. The number of aliphatic imine (C=N–C) groups is 1. The van der Waals surface area contributed by atoms with Crippen LogP contribution in [0.15, 0.2) is 52.8 Å². The third-order valence-electron chi connectivity index (χ3n) is 3.90. The summed E-state index contributed by atoms with van der Waals surface area (Å²) in [4.78, 5) is 18.1. The van der Waals surface area contributed by atoms with Crippen molar-refractivity contribution in [3.8, 4) is 0 Å². The molecule has 1 amide bonds. The van der Waals surface area contributed by atoms with Gasteiger partial charge in [-0.1, -0.05) is 38.1 Å². The second kappa shape index (κ2) is 12.0. The fourth-order valence-electron chi connectivity index (χ4n) is 2.41. The van der Waals surface area contributed by atoms with Crippen LogP contribution in [0.25, 0.3) is 0 Å². The first-order valence-corrected chi connectivity index (χ1v) is 9.80. The molecule has 0 spiro atoms. The van der Waals surface area contributed by atoms with Gasteiger partial charge in [-0.05, 0) is 30.5 Å². The van der Waals surface area contributed by atoms with Gasteiger partial charge >= 0.3 is 0 Å². The lowest BCUT2D eigenvalue weighted by Gasteiger charge is -2.22. The van der Waals surface area contributed by atoms with E-state index in [-0.39, 0.29) is 35.3 Å². The first kappa shape index (κ1) is 23.4. The van der Waals surface area contributed by atoms with E-state index in [4.69, 9.17) is 4.99 Å². The number of carbonyl (C=O) groups is 1. The Kier molecular flexibility index (Phi) is 10.4. The molecule has 0 radical (unpaired) electrons. The third kappa shape index (κ3) is 7.88. The Morgan fingerprint density at radius 1 is 1.04 bits per heavy atom. The Balaban J connectivity index is 0.00000364. The average Bonchev–Trinajstić information content (AvgIpc) is 3.19. The quantitative estimate of drug-likeness (QED) is 0.225. The van der Waals surface area contributed by atoms with Crippen molar-refractivity contribution in [1.29, 1.82) is 0 Å². The van der Waals surface area contributed by atoms with Gasteiger partial charge in [-0.3, -0.25) is 9.79 Å². The summed E-state index contributed by atoms with van der Waals surface area (Å²) >= 11 is 1.76. The van der Waals surface area contributed by atoms with Crippen molar-refractivity contribution < 1.29 is 4.79 Å². The predicted octanol–water partition coefficient (Wildman–Crippen LogP) is 3.63. The molecule has 0 bridgehead atoms. The lowest BCUT2D eigenvalue weighted by Crippen LogP contribution is -2.42. The van der Waals surface area contributed by atoms with Crippen LogP contribution in [-0.2, 0) is 5.41 Å². The largest absolute Gasteiger partial charge is 0.357 e. The number of benzene rings is 1. The molecule has 3 N–H and O–H groups in total. The number of thiophene rings is 1. The number of halogens is 1. The molecule has 0 saturated heterocycles. The fraction of sp³-hybridized carbons (Fsp3) is 0.400. The van der Waals surface area contributed by atoms with Gasteiger partial charge in [0.15, 0.2) is 5.96 Å². The number of nitrogens with one attached hydrogen (secondary N) is 3. The zero-order chi connectivity index (χ0) is 18.8. The maximum atomic E-state index is 12.0. The fourth-order valence-corrected chi connectivity index (χ4v) is 3.25. The van der Waals surface area contributed by atoms with E-state index in [2.05, 4.69) is 47.3 Å². The van der Waals surface area contributed by atoms with Crippen molar-refractivity contribution in [3.63, 3.8) is 0 Å². The van der Waals surface area contributed by atoms with Crippen molar-refractivity contribution in [2.45, 2.75) is 26.2 Å². The molecule has 7 heteroatoms. The molecule has 1 heterocycles. The van der Waals surface area contributed by atoms with Crippen LogP contribution in [0.2, 0.25) is 0 Å². The highest BCUT2D eigenvalue weighted by Gasteiger charge is 2.21. The minimum atomic E-state index is -0.0619. The van der Waals surface area contributed by atoms with E-state index in [1.165, 1.54) is 4.88 Å². The van der Waals surface area contributed by atoms with Crippen molar-refractivity contribution >= 4 is 47.2 Å². The molecule has 2 aromatic rings. The Morgan fingerprint density at radius 3 is 2.37 bits per heavy atom. The summed E-state index contributed by atoms with van der Waals surface area (Å²) in [5, 5.41) is 11.5. The number of carbonyl (C=O) groups excluding carboxylic acids is 1. The van der Waals surface area contributed by atoms with Crippen LogP contribution in [0.3, 0.4) is 0 Å². The minimum absolute atomic E-state index is 0. The summed E-state index contributed by atoms with van der Waals surface area (Å²) in [6.45, 7) is 9.08. The van der Waals surface area contributed by atoms with Crippen molar-refractivity contribution in [2.24, 2.45) is 4.99 Å². The van der Waals surface area contributed by atoms with Gasteiger partial charge in [0.25, 0.3) is 5.91 Å². The molecule has 5 nitrogen and oxygen atoms in total. The minimum Gasteiger partial charge on any atom is -0.357 e. The Morgan fingerprint density at radius 2 is 1.74 bits per heavy atom. The highest BCUT2D eigenvalue weighted by molar-refractivity contribution is 14.0. The van der Waals surface area contributed by atoms with E-state index in [9.17, 15) is 4.79 Å². The van der Waals surface area contributed by atoms with Gasteiger partial charge in [-0.15, -0.1) is 35.3 Å². The van der Waals surface area contributed by atoms with Gasteiger partial charge < -0.3 is 16.0 Å². The van der Waals surface area contributed by atoms with E-state index >= 15 is 0 Å². The maximum Gasteiger partial charge on any atom is 0.251 e. The molecule has 27 heavy (non-hydrogen) atoms. The lowest BCUT2D eigenvalue weighted by molar-refractivity contribution is 0.0954. The van der Waals surface area contributed by atoms with Crippen LogP contribution in [0.1, 0.15) is 36.0 Å². The summed E-state index contributed by atoms with van der Waals surface area (Å²) < 4.78 is 0. The van der Waals surface area contributed by atoms with E-state index in [0.29, 0.717) is 25.2 Å². The summed E-state index contributed by atoms with van der Waals surface area (Å²) in [7, 11) is 0. The van der Waals surface area contributed by atoms with E-state index in [1.807, 2.05) is 25.1 Å². The first-order chi connectivity index (χ1) is 12.5. The number of rotatable bonds is 8.